The van der Waals surface area contributed by atoms with E-state index in [0.717, 1.165) is 19.4 Å². The number of fused-ring (bicyclic) bond motifs is 5. The number of methoxy groups -OCH3 is 2. The average Bonchev–Trinajstić information content (AvgIpc) is 3.33. The lowest BCUT2D eigenvalue weighted by atomic mass is 9.49. The van der Waals surface area contributed by atoms with E-state index in [9.17, 15) is 35.4 Å². The summed E-state index contributed by atoms with van der Waals surface area (Å²) in [5.74, 6) is -4.81. The molecule has 266 valence electrons. The monoisotopic (exact) mass is 673 g/mol. The van der Waals surface area contributed by atoms with Crippen LogP contribution in [0.15, 0.2) is 18.2 Å². The van der Waals surface area contributed by atoms with Crippen LogP contribution >= 0.6 is 0 Å². The molecule has 4 saturated carbocycles. The Hall–Kier alpha value is -2.03. The van der Waals surface area contributed by atoms with E-state index in [1.807, 2.05) is 6.92 Å². The highest BCUT2D eigenvalue weighted by atomic mass is 16.7. The Bertz CT molecular complexity index is 1490. The number of hydrogen-bond acceptors (Lipinski definition) is 12. The molecule has 1 aromatic rings. The first-order valence-corrected chi connectivity index (χ1v) is 17.7. The fraction of sp³-hybridized carbons (Fsp3) is 0.806. The number of carbonyl (C=O) groups excluding carboxylic acids is 1. The number of nitrogens with zero attached hydrogens (tertiary/aromatic N) is 1. The van der Waals surface area contributed by atoms with Crippen LogP contribution in [0, 0.1) is 40.9 Å². The van der Waals surface area contributed by atoms with Gasteiger partial charge in [-0.15, -0.1) is 0 Å². The van der Waals surface area contributed by atoms with Gasteiger partial charge in [0.2, 0.25) is 5.79 Å². The Morgan fingerprint density at radius 3 is 2.44 bits per heavy atom. The van der Waals surface area contributed by atoms with Gasteiger partial charge in [0, 0.05) is 42.3 Å². The van der Waals surface area contributed by atoms with Crippen LogP contribution < -0.4 is 9.47 Å². The minimum Gasteiger partial charge on any atom is -0.493 e. The quantitative estimate of drug-likeness (QED) is 0.251. The van der Waals surface area contributed by atoms with Crippen molar-refractivity contribution in [2.75, 3.05) is 27.3 Å². The number of benzene rings is 1. The van der Waals surface area contributed by atoms with Crippen molar-refractivity contribution >= 4 is 5.97 Å². The predicted octanol–water partition coefficient (Wildman–Crippen LogP) is 1.07. The average molecular weight is 674 g/mol. The summed E-state index contributed by atoms with van der Waals surface area (Å²) in [6.45, 7) is 7.27. The van der Waals surface area contributed by atoms with Gasteiger partial charge in [0.25, 0.3) is 0 Å². The highest BCUT2D eigenvalue weighted by Crippen LogP contribution is 2.77. The van der Waals surface area contributed by atoms with Gasteiger partial charge in [-0.2, -0.15) is 0 Å². The smallest absolute Gasteiger partial charge is 0.338 e. The lowest BCUT2D eigenvalue weighted by molar-refractivity contribution is -0.295. The number of carbonyl (C=O) groups is 1. The normalized spacial score (nSPS) is 53.6. The molecule has 12 nitrogen and oxygen atoms in total. The van der Waals surface area contributed by atoms with E-state index in [0.29, 0.717) is 30.4 Å². The zero-order valence-electron chi connectivity index (χ0n) is 28.4. The maximum Gasteiger partial charge on any atom is 0.338 e. The second-order valence-electron chi connectivity index (χ2n) is 16.7. The Morgan fingerprint density at radius 2 is 1.73 bits per heavy atom. The van der Waals surface area contributed by atoms with Gasteiger partial charge in [0.05, 0.1) is 43.2 Å². The van der Waals surface area contributed by atoms with E-state index >= 15 is 0 Å². The molecule has 7 aliphatic rings. The number of ether oxygens (including phenoxy) is 4. The van der Waals surface area contributed by atoms with Crippen molar-refractivity contribution in [1.82, 2.24) is 4.90 Å². The SMILES string of the molecule is COc1ccc(C(=O)OC2CCC3(C)C4CC(O)C5C6(O)C(O)C(O)C7C(CN8CC(C)CCC8C7(C)O)C6CC53OC24O)cc1OC. The molecule has 0 radical (unpaired) electrons. The molecule has 3 saturated heterocycles. The molecule has 3 aliphatic heterocycles. The number of piperidine rings is 2. The fourth-order valence-electron chi connectivity index (χ4n) is 12.7. The van der Waals surface area contributed by atoms with Gasteiger partial charge in [0.1, 0.15) is 11.7 Å². The summed E-state index contributed by atoms with van der Waals surface area (Å²) in [6, 6.07) is 4.49. The van der Waals surface area contributed by atoms with Gasteiger partial charge < -0.3 is 49.6 Å². The minimum absolute atomic E-state index is 0.0548. The summed E-state index contributed by atoms with van der Waals surface area (Å²) in [5.41, 5.74) is -5.10. The second kappa shape index (κ2) is 10.5. The minimum atomic E-state index is -1.97. The van der Waals surface area contributed by atoms with Crippen LogP contribution in [0.4, 0.5) is 0 Å². The van der Waals surface area contributed by atoms with Gasteiger partial charge in [0.15, 0.2) is 17.6 Å². The van der Waals surface area contributed by atoms with Crippen molar-refractivity contribution in [3.05, 3.63) is 23.8 Å². The summed E-state index contributed by atoms with van der Waals surface area (Å²) >= 11 is 0. The third-order valence-electron chi connectivity index (χ3n) is 14.7. The molecule has 0 aromatic heterocycles. The number of aliphatic hydroxyl groups excluding tert-OH is 3. The van der Waals surface area contributed by atoms with Gasteiger partial charge in [-0.1, -0.05) is 13.8 Å². The van der Waals surface area contributed by atoms with Crippen molar-refractivity contribution in [2.24, 2.45) is 40.9 Å². The van der Waals surface area contributed by atoms with Crippen molar-refractivity contribution in [2.45, 2.75) is 112 Å². The lowest BCUT2D eigenvalue weighted by Gasteiger charge is -2.63. The summed E-state index contributed by atoms with van der Waals surface area (Å²) < 4.78 is 23.5. The third kappa shape index (κ3) is 3.92. The molecule has 1 aromatic carbocycles. The Balaban J connectivity index is 1.16. The fourth-order valence-corrected chi connectivity index (χ4v) is 12.7. The molecule has 4 aliphatic carbocycles. The number of aliphatic hydroxyl groups is 6. The van der Waals surface area contributed by atoms with Crippen LogP contribution in [0.5, 0.6) is 11.5 Å². The van der Waals surface area contributed by atoms with Gasteiger partial charge in [-0.25, -0.2) is 4.79 Å². The van der Waals surface area contributed by atoms with Crippen LogP contribution in [-0.4, -0.2) is 122 Å². The van der Waals surface area contributed by atoms with E-state index < -0.39 is 88.0 Å². The molecular formula is C36H51NO11. The van der Waals surface area contributed by atoms with Gasteiger partial charge in [-0.05, 0) is 81.4 Å². The first-order valence-electron chi connectivity index (χ1n) is 17.7. The molecule has 16 unspecified atom stereocenters. The highest BCUT2D eigenvalue weighted by molar-refractivity contribution is 5.90. The van der Waals surface area contributed by atoms with E-state index in [2.05, 4.69) is 11.8 Å². The zero-order valence-corrected chi connectivity index (χ0v) is 28.4. The second-order valence-corrected chi connectivity index (χ2v) is 16.7. The number of esters is 1. The molecule has 3 heterocycles. The molecule has 12 heteroatoms. The van der Waals surface area contributed by atoms with Crippen molar-refractivity contribution in [3.8, 4) is 11.5 Å². The van der Waals surface area contributed by atoms with Crippen LogP contribution in [0.2, 0.25) is 0 Å². The molecule has 48 heavy (non-hydrogen) atoms. The maximum atomic E-state index is 13.5. The summed E-state index contributed by atoms with van der Waals surface area (Å²) in [7, 11) is 2.97. The summed E-state index contributed by atoms with van der Waals surface area (Å²) in [4.78, 5) is 15.8. The van der Waals surface area contributed by atoms with E-state index in [4.69, 9.17) is 18.9 Å². The van der Waals surface area contributed by atoms with Crippen molar-refractivity contribution < 1.29 is 54.4 Å². The van der Waals surface area contributed by atoms with E-state index in [1.54, 1.807) is 19.1 Å². The Morgan fingerprint density at radius 1 is 1.00 bits per heavy atom. The highest BCUT2D eigenvalue weighted by Gasteiger charge is 2.86. The summed E-state index contributed by atoms with van der Waals surface area (Å²) in [6.07, 6.45) is -2.54. The van der Waals surface area contributed by atoms with Crippen LogP contribution in [0.3, 0.4) is 0 Å². The lowest BCUT2D eigenvalue weighted by Crippen LogP contribution is -2.76. The van der Waals surface area contributed by atoms with Crippen LogP contribution in [0.1, 0.15) is 69.7 Å². The molecule has 16 atom stereocenters. The molecule has 0 amide bonds. The van der Waals surface area contributed by atoms with Crippen molar-refractivity contribution in [3.63, 3.8) is 0 Å². The summed E-state index contributed by atoms with van der Waals surface area (Å²) in [5, 5.41) is 73.0. The predicted molar refractivity (Wildman–Crippen MR) is 169 cm³/mol. The molecule has 8 rings (SSSR count). The zero-order chi connectivity index (χ0) is 34.3. The maximum absolute atomic E-state index is 13.5. The Kier molecular flexibility index (Phi) is 7.25. The molecule has 4 bridgehead atoms. The standard InChI is InChI=1S/C36H51NO11/c1-17-6-9-25-33(3,42)27-19(16-37(25)15-17)20-14-34-29(35(20,43)30(40)28(27)39)21(38)13-24-32(34,2)11-10-26(36(24,44)48-34)47-31(41)18-7-8-22(45-4)23(12-18)46-5/h7-8,12,17,19-21,24-30,38-40,42-44H,6,9-11,13-16H2,1-5H3. The van der Waals surface area contributed by atoms with Crippen LogP contribution in [-0.2, 0) is 9.47 Å². The molecular weight excluding hydrogens is 622 g/mol. The topological polar surface area (TPSA) is 179 Å². The first-order chi connectivity index (χ1) is 22.6. The number of rotatable bonds is 4. The van der Waals surface area contributed by atoms with E-state index in [1.165, 1.54) is 20.3 Å². The van der Waals surface area contributed by atoms with Crippen molar-refractivity contribution in [1.29, 1.82) is 0 Å². The van der Waals surface area contributed by atoms with E-state index in [-0.39, 0.29) is 30.9 Å². The largest absolute Gasteiger partial charge is 0.493 e. The molecule has 6 N–H and O–H groups in total. The Labute approximate surface area is 280 Å². The molecule has 7 fully saturated rings. The molecule has 1 spiro atoms. The third-order valence-corrected chi connectivity index (χ3v) is 14.7. The first kappa shape index (κ1) is 33.1. The number of hydrogen-bond donors (Lipinski definition) is 6. The van der Waals surface area contributed by atoms with Gasteiger partial charge >= 0.3 is 5.97 Å². The van der Waals surface area contributed by atoms with Crippen LogP contribution in [0.25, 0.3) is 0 Å². The van der Waals surface area contributed by atoms with Gasteiger partial charge in [-0.3, -0.25) is 4.90 Å².